The van der Waals surface area contributed by atoms with Crippen LogP contribution < -0.4 is 9.80 Å². The van der Waals surface area contributed by atoms with Crippen molar-refractivity contribution in [3.05, 3.63) is 41.7 Å². The van der Waals surface area contributed by atoms with Crippen molar-refractivity contribution in [2.75, 3.05) is 49.1 Å². The van der Waals surface area contributed by atoms with Crippen LogP contribution in [0.25, 0.3) is 11.0 Å². The van der Waals surface area contributed by atoms with E-state index in [9.17, 15) is 4.79 Å². The van der Waals surface area contributed by atoms with E-state index < -0.39 is 0 Å². The van der Waals surface area contributed by atoms with E-state index in [-0.39, 0.29) is 11.6 Å². The first-order chi connectivity index (χ1) is 16.3. The lowest BCUT2D eigenvalue weighted by Crippen LogP contribution is -2.49. The summed E-state index contributed by atoms with van der Waals surface area (Å²) < 4.78 is 7.34. The quantitative estimate of drug-likeness (QED) is 0.589. The Morgan fingerprint density at radius 1 is 0.971 bits per heavy atom. The standard InChI is InChI=1S/C25H33N7O2/c1-5-34-24(33)30-14-12-29(13-15-30)22-23(28-20-9-7-6-8-19(20)27-22)31-11-10-21-18(17-31)16-26-32(21)25(2,3)4/h6-9,16H,5,10-15,17H2,1-4H3. The zero-order chi connectivity index (χ0) is 23.9. The molecule has 1 fully saturated rings. The Bertz CT molecular complexity index is 1190. The summed E-state index contributed by atoms with van der Waals surface area (Å²) >= 11 is 0. The van der Waals surface area contributed by atoms with Gasteiger partial charge in [0, 0.05) is 56.9 Å². The lowest BCUT2D eigenvalue weighted by molar-refractivity contribution is 0.105. The van der Waals surface area contributed by atoms with Crippen LogP contribution in [0.3, 0.4) is 0 Å². The maximum Gasteiger partial charge on any atom is 0.409 e. The van der Waals surface area contributed by atoms with Crippen molar-refractivity contribution in [1.29, 1.82) is 0 Å². The minimum absolute atomic E-state index is 0.0394. The van der Waals surface area contributed by atoms with Crippen LogP contribution in [0, 0.1) is 0 Å². The molecule has 2 aliphatic heterocycles. The van der Waals surface area contributed by atoms with E-state index >= 15 is 0 Å². The van der Waals surface area contributed by atoms with Crippen LogP contribution in [0.1, 0.15) is 39.0 Å². The van der Waals surface area contributed by atoms with Gasteiger partial charge in [0.15, 0.2) is 11.6 Å². The highest BCUT2D eigenvalue weighted by molar-refractivity contribution is 5.81. The molecule has 0 aliphatic carbocycles. The fraction of sp³-hybridized carbons (Fsp3) is 0.520. The van der Waals surface area contributed by atoms with Gasteiger partial charge >= 0.3 is 6.09 Å². The van der Waals surface area contributed by atoms with Crippen LogP contribution in [-0.4, -0.2) is 70.1 Å². The van der Waals surface area contributed by atoms with Crippen molar-refractivity contribution in [3.8, 4) is 0 Å². The highest BCUT2D eigenvalue weighted by Crippen LogP contribution is 2.33. The number of ether oxygens (including phenoxy) is 1. The maximum atomic E-state index is 12.2. The van der Waals surface area contributed by atoms with Crippen LogP contribution in [0.5, 0.6) is 0 Å². The summed E-state index contributed by atoms with van der Waals surface area (Å²) in [4.78, 5) is 28.6. The number of hydrogen-bond acceptors (Lipinski definition) is 7. The number of piperazine rings is 1. The molecule has 4 heterocycles. The van der Waals surface area contributed by atoms with E-state index in [2.05, 4.69) is 35.3 Å². The normalized spacial score (nSPS) is 16.6. The molecule has 5 rings (SSSR count). The van der Waals surface area contributed by atoms with E-state index in [4.69, 9.17) is 19.8 Å². The fourth-order valence-corrected chi connectivity index (χ4v) is 4.81. The van der Waals surface area contributed by atoms with Gasteiger partial charge in [0.2, 0.25) is 0 Å². The number of anilines is 2. The first kappa shape index (κ1) is 22.4. The van der Waals surface area contributed by atoms with Gasteiger partial charge < -0.3 is 19.4 Å². The molecule has 34 heavy (non-hydrogen) atoms. The van der Waals surface area contributed by atoms with Crippen molar-refractivity contribution >= 4 is 28.8 Å². The largest absolute Gasteiger partial charge is 0.450 e. The van der Waals surface area contributed by atoms with Crippen LogP contribution >= 0.6 is 0 Å². The number of carbonyl (C=O) groups is 1. The van der Waals surface area contributed by atoms with Gasteiger partial charge in [-0.2, -0.15) is 5.10 Å². The number of hydrogen-bond donors (Lipinski definition) is 0. The van der Waals surface area contributed by atoms with Gasteiger partial charge in [-0.25, -0.2) is 14.8 Å². The minimum atomic E-state index is -0.244. The summed E-state index contributed by atoms with van der Waals surface area (Å²) in [6.45, 7) is 13.0. The molecule has 180 valence electrons. The van der Waals surface area contributed by atoms with Crippen LogP contribution in [0.15, 0.2) is 30.5 Å². The van der Waals surface area contributed by atoms with Crippen molar-refractivity contribution in [2.24, 2.45) is 0 Å². The van der Waals surface area contributed by atoms with E-state index in [1.54, 1.807) is 4.90 Å². The molecule has 9 nitrogen and oxygen atoms in total. The molecule has 0 spiro atoms. The maximum absolute atomic E-state index is 12.2. The molecule has 0 saturated carbocycles. The van der Waals surface area contributed by atoms with Gasteiger partial charge in [0.05, 0.1) is 29.4 Å². The summed E-state index contributed by atoms with van der Waals surface area (Å²) in [5.41, 5.74) is 4.29. The predicted octanol–water partition coefficient (Wildman–Crippen LogP) is 3.42. The van der Waals surface area contributed by atoms with Crippen LogP contribution in [0.2, 0.25) is 0 Å². The molecule has 9 heteroatoms. The Balaban J connectivity index is 1.45. The van der Waals surface area contributed by atoms with Crippen molar-refractivity contribution in [3.63, 3.8) is 0 Å². The molecular weight excluding hydrogens is 430 g/mol. The number of benzene rings is 1. The van der Waals surface area contributed by atoms with E-state index in [1.165, 1.54) is 11.3 Å². The van der Waals surface area contributed by atoms with Gasteiger partial charge in [-0.05, 0) is 39.8 Å². The smallest absolute Gasteiger partial charge is 0.409 e. The minimum Gasteiger partial charge on any atom is -0.450 e. The second-order valence-electron chi connectivity index (χ2n) is 9.90. The van der Waals surface area contributed by atoms with Gasteiger partial charge in [0.1, 0.15) is 0 Å². The number of fused-ring (bicyclic) bond motifs is 2. The monoisotopic (exact) mass is 463 g/mol. The van der Waals surface area contributed by atoms with Gasteiger partial charge in [0.25, 0.3) is 0 Å². The van der Waals surface area contributed by atoms with Crippen LogP contribution in [0.4, 0.5) is 16.4 Å². The summed E-state index contributed by atoms with van der Waals surface area (Å²) in [5.74, 6) is 1.78. The van der Waals surface area contributed by atoms with E-state index in [1.807, 2.05) is 37.4 Å². The third kappa shape index (κ3) is 4.15. The summed E-state index contributed by atoms with van der Waals surface area (Å²) in [7, 11) is 0. The molecule has 0 bridgehead atoms. The second-order valence-corrected chi connectivity index (χ2v) is 9.90. The Kier molecular flexibility index (Phi) is 5.79. The molecule has 1 aromatic carbocycles. The Morgan fingerprint density at radius 2 is 1.62 bits per heavy atom. The lowest BCUT2D eigenvalue weighted by atomic mass is 10.0. The van der Waals surface area contributed by atoms with Gasteiger partial charge in [-0.3, -0.25) is 4.68 Å². The Morgan fingerprint density at radius 3 is 2.24 bits per heavy atom. The number of rotatable bonds is 3. The molecule has 2 aromatic heterocycles. The third-order valence-electron chi connectivity index (χ3n) is 6.51. The highest BCUT2D eigenvalue weighted by Gasteiger charge is 2.30. The highest BCUT2D eigenvalue weighted by atomic mass is 16.6. The number of amides is 1. The molecule has 0 radical (unpaired) electrons. The fourth-order valence-electron chi connectivity index (χ4n) is 4.81. The van der Waals surface area contributed by atoms with Gasteiger partial charge in [-0.15, -0.1) is 0 Å². The molecule has 0 N–H and O–H groups in total. The number of aromatic nitrogens is 4. The topological polar surface area (TPSA) is 79.6 Å². The zero-order valence-corrected chi connectivity index (χ0v) is 20.5. The summed E-state index contributed by atoms with van der Waals surface area (Å²) in [6.07, 6.45) is 2.67. The molecule has 1 saturated heterocycles. The number of para-hydroxylation sites is 2. The summed E-state index contributed by atoms with van der Waals surface area (Å²) in [6, 6.07) is 8.01. The molecule has 2 aliphatic rings. The second kappa shape index (κ2) is 8.77. The first-order valence-electron chi connectivity index (χ1n) is 12.1. The summed E-state index contributed by atoms with van der Waals surface area (Å²) in [5, 5.41) is 4.69. The molecule has 1 amide bonds. The average Bonchev–Trinajstić information content (AvgIpc) is 3.27. The van der Waals surface area contributed by atoms with Crippen molar-refractivity contribution in [2.45, 2.75) is 46.2 Å². The number of carbonyl (C=O) groups excluding carboxylic acids is 1. The van der Waals surface area contributed by atoms with Crippen molar-refractivity contribution < 1.29 is 9.53 Å². The Labute approximate surface area is 200 Å². The molecule has 3 aromatic rings. The Hall–Kier alpha value is -3.36. The van der Waals surface area contributed by atoms with Gasteiger partial charge in [-0.1, -0.05) is 12.1 Å². The molecule has 0 atom stereocenters. The third-order valence-corrected chi connectivity index (χ3v) is 6.51. The lowest BCUT2D eigenvalue weighted by Gasteiger charge is -2.37. The molecule has 0 unspecified atom stereocenters. The van der Waals surface area contributed by atoms with Crippen molar-refractivity contribution in [1.82, 2.24) is 24.6 Å². The van der Waals surface area contributed by atoms with E-state index in [0.717, 1.165) is 42.2 Å². The zero-order valence-electron chi connectivity index (χ0n) is 20.5. The van der Waals surface area contributed by atoms with Crippen LogP contribution in [-0.2, 0) is 23.2 Å². The molecular formula is C25H33N7O2. The predicted molar refractivity (Wildman–Crippen MR) is 132 cm³/mol. The van der Waals surface area contributed by atoms with E-state index in [0.29, 0.717) is 32.8 Å². The average molecular weight is 464 g/mol. The first-order valence-corrected chi connectivity index (χ1v) is 12.1. The SMILES string of the molecule is CCOC(=O)N1CCN(c2nc3ccccc3nc2N2CCc3c(cnn3C(C)(C)C)C2)CC1. The number of nitrogens with zero attached hydrogens (tertiary/aromatic N) is 7.